The third-order valence-corrected chi connectivity index (χ3v) is 3.73. The molecular formula is C14H20BrNO. The summed E-state index contributed by atoms with van der Waals surface area (Å²) >= 11 is 3.50. The molecule has 0 saturated carbocycles. The number of hydrogen-bond donors (Lipinski definition) is 1. The van der Waals surface area contributed by atoms with Crippen molar-refractivity contribution in [3.8, 4) is 0 Å². The molecule has 1 aromatic rings. The van der Waals surface area contributed by atoms with E-state index < -0.39 is 0 Å². The Bertz CT molecular complexity index is 386. The first-order valence-corrected chi connectivity index (χ1v) is 6.89. The summed E-state index contributed by atoms with van der Waals surface area (Å²) in [6.07, 6.45) is 1.10. The topological polar surface area (TPSA) is 21.3 Å². The van der Waals surface area contributed by atoms with Gasteiger partial charge in [0, 0.05) is 10.5 Å². The van der Waals surface area contributed by atoms with Gasteiger partial charge in [-0.3, -0.25) is 5.32 Å². The zero-order chi connectivity index (χ0) is 12.5. The van der Waals surface area contributed by atoms with Crippen LogP contribution in [0.4, 0.5) is 0 Å². The van der Waals surface area contributed by atoms with Gasteiger partial charge in [-0.05, 0) is 29.5 Å². The molecule has 0 spiro atoms. The minimum Gasteiger partial charge on any atom is -0.359 e. The molecule has 2 nitrogen and oxygen atoms in total. The third-order valence-electron chi connectivity index (χ3n) is 3.24. The molecule has 1 heterocycles. The lowest BCUT2D eigenvalue weighted by Gasteiger charge is -2.39. The molecule has 0 amide bonds. The van der Waals surface area contributed by atoms with Crippen LogP contribution >= 0.6 is 15.9 Å². The van der Waals surface area contributed by atoms with Gasteiger partial charge >= 0.3 is 0 Å². The average Bonchev–Trinajstić information content (AvgIpc) is 2.28. The summed E-state index contributed by atoms with van der Waals surface area (Å²) in [4.78, 5) is 0. The number of rotatable bonds is 1. The summed E-state index contributed by atoms with van der Waals surface area (Å²) in [5, 5.41) is 3.59. The van der Waals surface area contributed by atoms with Crippen LogP contribution in [0.2, 0.25) is 0 Å². The molecule has 3 heteroatoms. The highest BCUT2D eigenvalue weighted by Crippen LogP contribution is 2.30. The Balaban J connectivity index is 2.12. The number of nitrogens with one attached hydrogen (secondary N) is 1. The molecule has 1 saturated heterocycles. The largest absolute Gasteiger partial charge is 0.359 e. The predicted molar refractivity (Wildman–Crippen MR) is 73.8 cm³/mol. The van der Waals surface area contributed by atoms with Crippen LogP contribution in [0.3, 0.4) is 0 Å². The van der Waals surface area contributed by atoms with Gasteiger partial charge in [-0.15, -0.1) is 0 Å². The lowest BCUT2D eigenvalue weighted by atomic mass is 9.84. The first-order chi connectivity index (χ1) is 7.97. The Morgan fingerprint density at radius 1 is 1.35 bits per heavy atom. The Morgan fingerprint density at radius 2 is 2.12 bits per heavy atom. The lowest BCUT2D eigenvalue weighted by molar-refractivity contribution is -0.0400. The maximum Gasteiger partial charge on any atom is 0.134 e. The zero-order valence-electron chi connectivity index (χ0n) is 10.7. The molecule has 0 aliphatic carbocycles. The molecule has 0 aromatic heterocycles. The van der Waals surface area contributed by atoms with Gasteiger partial charge in [0.15, 0.2) is 0 Å². The van der Waals surface area contributed by atoms with E-state index in [9.17, 15) is 0 Å². The van der Waals surface area contributed by atoms with E-state index in [1.807, 2.05) is 12.1 Å². The van der Waals surface area contributed by atoms with E-state index in [0.29, 0.717) is 6.04 Å². The van der Waals surface area contributed by atoms with Crippen LogP contribution in [0.15, 0.2) is 28.7 Å². The van der Waals surface area contributed by atoms with E-state index >= 15 is 0 Å². The first kappa shape index (κ1) is 13.1. The fourth-order valence-electron chi connectivity index (χ4n) is 2.16. The highest BCUT2D eigenvalue weighted by atomic mass is 79.9. The fourth-order valence-corrected chi connectivity index (χ4v) is 2.58. The van der Waals surface area contributed by atoms with Crippen molar-refractivity contribution in [2.24, 2.45) is 5.41 Å². The van der Waals surface area contributed by atoms with E-state index in [1.54, 1.807) is 0 Å². The Kier molecular flexibility index (Phi) is 3.91. The molecule has 2 atom stereocenters. The van der Waals surface area contributed by atoms with Crippen LogP contribution in [-0.4, -0.2) is 12.6 Å². The minimum atomic E-state index is 0.0190. The van der Waals surface area contributed by atoms with Crippen LogP contribution < -0.4 is 5.32 Å². The quantitative estimate of drug-likeness (QED) is 0.849. The number of ether oxygens (including phenoxy) is 1. The average molecular weight is 298 g/mol. The highest BCUT2D eigenvalue weighted by molar-refractivity contribution is 9.10. The molecule has 1 aromatic carbocycles. The lowest BCUT2D eigenvalue weighted by Crippen LogP contribution is -2.47. The second-order valence-corrected chi connectivity index (χ2v) is 6.60. The molecule has 1 fully saturated rings. The number of benzene rings is 1. The van der Waals surface area contributed by atoms with Crippen LogP contribution in [-0.2, 0) is 4.74 Å². The van der Waals surface area contributed by atoms with E-state index in [1.165, 1.54) is 5.56 Å². The first-order valence-electron chi connectivity index (χ1n) is 6.10. The van der Waals surface area contributed by atoms with E-state index in [0.717, 1.165) is 17.5 Å². The molecule has 1 aliphatic heterocycles. The fraction of sp³-hybridized carbons (Fsp3) is 0.571. The monoisotopic (exact) mass is 297 g/mol. The molecule has 17 heavy (non-hydrogen) atoms. The Hall–Kier alpha value is -0.380. The molecule has 0 bridgehead atoms. The van der Waals surface area contributed by atoms with Crippen molar-refractivity contribution in [3.63, 3.8) is 0 Å². The highest BCUT2D eigenvalue weighted by Gasteiger charge is 2.31. The van der Waals surface area contributed by atoms with Crippen molar-refractivity contribution < 1.29 is 4.74 Å². The van der Waals surface area contributed by atoms with Gasteiger partial charge in [0.05, 0.1) is 6.61 Å². The molecule has 94 valence electrons. The van der Waals surface area contributed by atoms with Gasteiger partial charge in [0.1, 0.15) is 6.23 Å². The standard InChI is InChI=1S/C14H20BrNO/c1-14(2,3)12-7-8-17-13(16-12)10-5-4-6-11(15)9-10/h4-6,9,12-13,16H,7-8H2,1-3H3/t12-,13+/m1/s1. The van der Waals surface area contributed by atoms with E-state index in [4.69, 9.17) is 4.74 Å². The van der Waals surface area contributed by atoms with Crippen LogP contribution in [0.25, 0.3) is 0 Å². The van der Waals surface area contributed by atoms with Crippen molar-refractivity contribution in [1.82, 2.24) is 5.32 Å². The molecule has 1 aliphatic rings. The predicted octanol–water partition coefficient (Wildman–Crippen LogP) is 3.87. The molecule has 1 N–H and O–H groups in total. The summed E-state index contributed by atoms with van der Waals surface area (Å²) in [5.74, 6) is 0. The molecular weight excluding hydrogens is 278 g/mol. The third kappa shape index (κ3) is 3.30. The van der Waals surface area contributed by atoms with Gasteiger partial charge in [-0.25, -0.2) is 0 Å². The maximum atomic E-state index is 5.81. The van der Waals surface area contributed by atoms with Crippen molar-refractivity contribution >= 4 is 15.9 Å². The van der Waals surface area contributed by atoms with Crippen molar-refractivity contribution in [2.45, 2.75) is 39.5 Å². The second-order valence-electron chi connectivity index (χ2n) is 5.68. The van der Waals surface area contributed by atoms with Crippen molar-refractivity contribution in [3.05, 3.63) is 34.3 Å². The SMILES string of the molecule is CC(C)(C)[C@H]1CCO[C@@H](c2cccc(Br)c2)N1. The van der Waals surface area contributed by atoms with Crippen LogP contribution in [0.1, 0.15) is 39.0 Å². The van der Waals surface area contributed by atoms with Gasteiger partial charge < -0.3 is 4.74 Å². The van der Waals surface area contributed by atoms with Gasteiger partial charge in [-0.2, -0.15) is 0 Å². The molecule has 0 radical (unpaired) electrons. The van der Waals surface area contributed by atoms with Gasteiger partial charge in [-0.1, -0.05) is 48.8 Å². The minimum absolute atomic E-state index is 0.0190. The Morgan fingerprint density at radius 3 is 2.76 bits per heavy atom. The van der Waals surface area contributed by atoms with E-state index in [-0.39, 0.29) is 11.6 Å². The Labute approximate surface area is 112 Å². The van der Waals surface area contributed by atoms with Crippen LogP contribution in [0, 0.1) is 5.41 Å². The number of hydrogen-bond acceptors (Lipinski definition) is 2. The van der Waals surface area contributed by atoms with Gasteiger partial charge in [0.25, 0.3) is 0 Å². The van der Waals surface area contributed by atoms with E-state index in [2.05, 4.69) is 54.2 Å². The summed E-state index contributed by atoms with van der Waals surface area (Å²) < 4.78 is 6.91. The van der Waals surface area contributed by atoms with Crippen molar-refractivity contribution in [1.29, 1.82) is 0 Å². The molecule has 0 unspecified atom stereocenters. The smallest absolute Gasteiger partial charge is 0.134 e. The summed E-state index contributed by atoms with van der Waals surface area (Å²) in [6, 6.07) is 8.80. The second kappa shape index (κ2) is 5.09. The zero-order valence-corrected chi connectivity index (χ0v) is 12.3. The maximum absolute atomic E-state index is 5.81. The number of halogens is 1. The van der Waals surface area contributed by atoms with Crippen LogP contribution in [0.5, 0.6) is 0 Å². The molecule has 2 rings (SSSR count). The normalized spacial score (nSPS) is 25.9. The summed E-state index contributed by atoms with van der Waals surface area (Å²) in [5.41, 5.74) is 1.46. The summed E-state index contributed by atoms with van der Waals surface area (Å²) in [7, 11) is 0. The van der Waals surface area contributed by atoms with Gasteiger partial charge in [0.2, 0.25) is 0 Å². The van der Waals surface area contributed by atoms with Crippen molar-refractivity contribution in [2.75, 3.05) is 6.61 Å². The summed E-state index contributed by atoms with van der Waals surface area (Å²) in [6.45, 7) is 7.64.